The van der Waals surface area contributed by atoms with E-state index in [1.807, 2.05) is 34.9 Å². The maximum Gasteiger partial charge on any atom is 0.255 e. The third kappa shape index (κ3) is 4.03. The average molecular weight is 350 g/mol. The number of nitrogens with zero attached hydrogens (tertiary/aromatic N) is 1. The topological polar surface area (TPSA) is 54.3 Å². The number of aromatic nitrogens is 1. The second kappa shape index (κ2) is 7.85. The van der Waals surface area contributed by atoms with Crippen molar-refractivity contribution in [2.24, 2.45) is 0 Å². The third-order valence-electron chi connectivity index (χ3n) is 4.67. The molecule has 1 atom stereocenters. The molecule has 3 aromatic rings. The van der Waals surface area contributed by atoms with E-state index >= 15 is 0 Å². The minimum Gasteiger partial charge on any atom is -0.392 e. The first-order valence-corrected chi connectivity index (χ1v) is 9.02. The van der Waals surface area contributed by atoms with Crippen molar-refractivity contribution in [2.75, 3.05) is 6.54 Å². The SMILES string of the molecule is Cc1ccc2c(c1)cc(CNCC(C)O)c(=O)n2Cc1ccccc1C. The summed E-state index contributed by atoms with van der Waals surface area (Å²) in [5.41, 5.74) is 5.17. The van der Waals surface area contributed by atoms with Gasteiger partial charge in [0.1, 0.15) is 0 Å². The summed E-state index contributed by atoms with van der Waals surface area (Å²) in [6.07, 6.45) is -0.438. The molecule has 4 nitrogen and oxygen atoms in total. The van der Waals surface area contributed by atoms with Gasteiger partial charge in [-0.25, -0.2) is 0 Å². The lowest BCUT2D eigenvalue weighted by Crippen LogP contribution is -2.30. The Kier molecular flexibility index (Phi) is 5.55. The number of aliphatic hydroxyl groups is 1. The van der Waals surface area contributed by atoms with Gasteiger partial charge in [0.15, 0.2) is 0 Å². The van der Waals surface area contributed by atoms with E-state index in [4.69, 9.17) is 0 Å². The lowest BCUT2D eigenvalue weighted by atomic mass is 10.1. The van der Waals surface area contributed by atoms with Crippen LogP contribution in [0.3, 0.4) is 0 Å². The van der Waals surface area contributed by atoms with Gasteiger partial charge in [-0.15, -0.1) is 0 Å². The molecule has 136 valence electrons. The molecule has 0 aliphatic heterocycles. The first-order chi connectivity index (χ1) is 12.5. The monoisotopic (exact) mass is 350 g/mol. The smallest absolute Gasteiger partial charge is 0.255 e. The molecule has 0 bridgehead atoms. The van der Waals surface area contributed by atoms with Crippen molar-refractivity contribution in [1.82, 2.24) is 9.88 Å². The number of hydrogen-bond donors (Lipinski definition) is 2. The Balaban J connectivity index is 2.08. The van der Waals surface area contributed by atoms with Gasteiger partial charge in [0.25, 0.3) is 5.56 Å². The summed E-state index contributed by atoms with van der Waals surface area (Å²) in [5.74, 6) is 0. The van der Waals surface area contributed by atoms with Crippen molar-refractivity contribution in [3.8, 4) is 0 Å². The van der Waals surface area contributed by atoms with E-state index in [-0.39, 0.29) is 5.56 Å². The molecule has 0 aliphatic carbocycles. The molecule has 4 heteroatoms. The van der Waals surface area contributed by atoms with Gasteiger partial charge in [0, 0.05) is 18.7 Å². The fourth-order valence-corrected chi connectivity index (χ4v) is 3.22. The Labute approximate surface area is 154 Å². The lowest BCUT2D eigenvalue weighted by molar-refractivity contribution is 0.191. The zero-order chi connectivity index (χ0) is 18.7. The zero-order valence-electron chi connectivity index (χ0n) is 15.6. The first-order valence-electron chi connectivity index (χ1n) is 9.02. The van der Waals surface area contributed by atoms with Gasteiger partial charge in [-0.1, -0.05) is 35.9 Å². The highest BCUT2D eigenvalue weighted by molar-refractivity contribution is 5.80. The minimum atomic E-state index is -0.438. The van der Waals surface area contributed by atoms with Gasteiger partial charge in [-0.05, 0) is 55.5 Å². The van der Waals surface area contributed by atoms with E-state index in [1.165, 1.54) is 11.1 Å². The van der Waals surface area contributed by atoms with Crippen molar-refractivity contribution < 1.29 is 5.11 Å². The van der Waals surface area contributed by atoms with Gasteiger partial charge in [0.05, 0.1) is 18.2 Å². The Morgan fingerprint density at radius 2 is 1.85 bits per heavy atom. The molecule has 0 radical (unpaired) electrons. The van der Waals surface area contributed by atoms with Gasteiger partial charge in [-0.2, -0.15) is 0 Å². The van der Waals surface area contributed by atoms with Crippen LogP contribution in [0.15, 0.2) is 53.3 Å². The van der Waals surface area contributed by atoms with Crippen molar-refractivity contribution in [2.45, 2.75) is 40.0 Å². The number of rotatable bonds is 6. The molecule has 2 aromatic carbocycles. The summed E-state index contributed by atoms with van der Waals surface area (Å²) >= 11 is 0. The number of aliphatic hydroxyl groups excluding tert-OH is 1. The molecule has 3 rings (SSSR count). The molecular weight excluding hydrogens is 324 g/mol. The summed E-state index contributed by atoms with van der Waals surface area (Å²) in [7, 11) is 0. The third-order valence-corrected chi connectivity index (χ3v) is 4.67. The van der Waals surface area contributed by atoms with Crippen molar-refractivity contribution >= 4 is 10.9 Å². The Bertz CT molecular complexity index is 974. The second-order valence-corrected chi connectivity index (χ2v) is 7.03. The Hall–Kier alpha value is -2.43. The van der Waals surface area contributed by atoms with E-state index in [0.717, 1.165) is 22.0 Å². The predicted molar refractivity (Wildman–Crippen MR) is 107 cm³/mol. The highest BCUT2D eigenvalue weighted by atomic mass is 16.3. The maximum atomic E-state index is 13.1. The van der Waals surface area contributed by atoms with Crippen LogP contribution in [0.5, 0.6) is 0 Å². The standard InChI is InChI=1S/C22H26N2O2/c1-15-8-9-21-19(10-15)11-20(13-23-12-17(3)25)22(26)24(21)14-18-7-5-4-6-16(18)2/h4-11,17,23,25H,12-14H2,1-3H3. The molecule has 0 aliphatic rings. The van der Waals surface area contributed by atoms with Crippen LogP contribution < -0.4 is 10.9 Å². The van der Waals surface area contributed by atoms with E-state index in [9.17, 15) is 9.90 Å². The average Bonchev–Trinajstić information content (AvgIpc) is 2.59. The van der Waals surface area contributed by atoms with Crippen molar-refractivity contribution in [3.05, 3.63) is 81.1 Å². The van der Waals surface area contributed by atoms with E-state index < -0.39 is 6.10 Å². The van der Waals surface area contributed by atoms with Crippen LogP contribution in [-0.2, 0) is 13.1 Å². The molecular formula is C22H26N2O2. The molecule has 1 aromatic heterocycles. The van der Waals surface area contributed by atoms with Crippen LogP contribution in [-0.4, -0.2) is 22.3 Å². The largest absolute Gasteiger partial charge is 0.392 e. The van der Waals surface area contributed by atoms with Crippen LogP contribution >= 0.6 is 0 Å². The fourth-order valence-electron chi connectivity index (χ4n) is 3.22. The van der Waals surface area contributed by atoms with E-state index in [1.54, 1.807) is 6.92 Å². The highest BCUT2D eigenvalue weighted by Gasteiger charge is 2.11. The first kappa shape index (κ1) is 18.4. The summed E-state index contributed by atoms with van der Waals surface area (Å²) in [4.78, 5) is 13.1. The molecule has 0 spiro atoms. The normalized spacial score (nSPS) is 12.5. The van der Waals surface area contributed by atoms with Crippen LogP contribution in [0, 0.1) is 13.8 Å². The van der Waals surface area contributed by atoms with Crippen LogP contribution in [0.1, 0.15) is 29.2 Å². The molecule has 1 unspecified atom stereocenters. The molecule has 0 amide bonds. The predicted octanol–water partition coefficient (Wildman–Crippen LogP) is 3.14. The number of benzene rings is 2. The fraction of sp³-hybridized carbons (Fsp3) is 0.318. The van der Waals surface area contributed by atoms with Gasteiger partial charge in [-0.3, -0.25) is 4.79 Å². The summed E-state index contributed by atoms with van der Waals surface area (Å²) < 4.78 is 1.86. The number of hydrogen-bond acceptors (Lipinski definition) is 3. The molecule has 0 fully saturated rings. The van der Waals surface area contributed by atoms with Crippen molar-refractivity contribution in [1.29, 1.82) is 0 Å². The number of fused-ring (bicyclic) bond motifs is 1. The second-order valence-electron chi connectivity index (χ2n) is 7.03. The van der Waals surface area contributed by atoms with E-state index in [0.29, 0.717) is 19.6 Å². The molecule has 26 heavy (non-hydrogen) atoms. The quantitative estimate of drug-likeness (QED) is 0.718. The number of pyridine rings is 1. The summed E-state index contributed by atoms with van der Waals surface area (Å²) in [6.45, 7) is 7.31. The number of nitrogens with one attached hydrogen (secondary N) is 1. The highest BCUT2D eigenvalue weighted by Crippen LogP contribution is 2.18. The van der Waals surface area contributed by atoms with Crippen LogP contribution in [0.25, 0.3) is 10.9 Å². The molecule has 0 saturated heterocycles. The van der Waals surface area contributed by atoms with Crippen molar-refractivity contribution in [3.63, 3.8) is 0 Å². The van der Waals surface area contributed by atoms with Crippen LogP contribution in [0.4, 0.5) is 0 Å². The molecule has 1 heterocycles. The van der Waals surface area contributed by atoms with Gasteiger partial charge < -0.3 is 15.0 Å². The molecule has 2 N–H and O–H groups in total. The van der Waals surface area contributed by atoms with Crippen LogP contribution in [0.2, 0.25) is 0 Å². The Morgan fingerprint density at radius 3 is 2.58 bits per heavy atom. The summed E-state index contributed by atoms with van der Waals surface area (Å²) in [6, 6.07) is 16.3. The summed E-state index contributed by atoms with van der Waals surface area (Å²) in [5, 5.41) is 13.7. The lowest BCUT2D eigenvalue weighted by Gasteiger charge is -2.15. The molecule has 0 saturated carbocycles. The zero-order valence-corrected chi connectivity index (χ0v) is 15.6. The minimum absolute atomic E-state index is 0.0164. The Morgan fingerprint density at radius 1 is 1.08 bits per heavy atom. The number of aryl methyl sites for hydroxylation is 2. The van der Waals surface area contributed by atoms with E-state index in [2.05, 4.69) is 37.4 Å². The maximum absolute atomic E-state index is 13.1. The van der Waals surface area contributed by atoms with Gasteiger partial charge in [0.2, 0.25) is 0 Å². The van der Waals surface area contributed by atoms with Gasteiger partial charge >= 0.3 is 0 Å².